The molecule has 0 atom stereocenters. The molecular formula is C17H19NO. The highest BCUT2D eigenvalue weighted by atomic mass is 16.1. The van der Waals surface area contributed by atoms with E-state index in [1.54, 1.807) is 12.1 Å². The molecule has 0 unspecified atom stereocenters. The van der Waals surface area contributed by atoms with E-state index in [0.717, 1.165) is 12.0 Å². The Morgan fingerprint density at radius 3 is 2.37 bits per heavy atom. The highest BCUT2D eigenvalue weighted by Gasteiger charge is 2.05. The molecule has 2 aromatic carbocycles. The molecule has 0 aliphatic heterocycles. The zero-order valence-corrected chi connectivity index (χ0v) is 11.2. The first-order valence-electron chi connectivity index (χ1n) is 6.70. The van der Waals surface area contributed by atoms with Gasteiger partial charge in [0.1, 0.15) is 0 Å². The Morgan fingerprint density at radius 1 is 1.05 bits per heavy atom. The summed E-state index contributed by atoms with van der Waals surface area (Å²) in [5.74, 6) is -0.384. The molecular weight excluding hydrogens is 234 g/mol. The lowest BCUT2D eigenvalue weighted by Crippen LogP contribution is -2.10. The third-order valence-corrected chi connectivity index (χ3v) is 3.30. The zero-order chi connectivity index (χ0) is 13.7. The normalized spacial score (nSPS) is 10.4. The van der Waals surface area contributed by atoms with Crippen LogP contribution in [0.2, 0.25) is 0 Å². The summed E-state index contributed by atoms with van der Waals surface area (Å²) in [5.41, 5.74) is 9.55. The predicted octanol–water partition coefficient (Wildman–Crippen LogP) is 3.80. The van der Waals surface area contributed by atoms with Gasteiger partial charge in [0, 0.05) is 5.56 Å². The van der Waals surface area contributed by atoms with E-state index in [2.05, 4.69) is 25.1 Å². The lowest BCUT2D eigenvalue weighted by molar-refractivity contribution is 0.100. The molecule has 2 aromatic rings. The lowest BCUT2D eigenvalue weighted by atomic mass is 9.95. The van der Waals surface area contributed by atoms with Gasteiger partial charge >= 0.3 is 0 Å². The number of carbonyl (C=O) groups is 1. The van der Waals surface area contributed by atoms with Gasteiger partial charge in [-0.15, -0.1) is 0 Å². The average Bonchev–Trinajstić information content (AvgIpc) is 2.45. The third-order valence-electron chi connectivity index (χ3n) is 3.30. The highest BCUT2D eigenvalue weighted by molar-refractivity contribution is 5.93. The van der Waals surface area contributed by atoms with Gasteiger partial charge in [-0.3, -0.25) is 4.79 Å². The molecule has 2 rings (SSSR count). The summed E-state index contributed by atoms with van der Waals surface area (Å²) in [7, 11) is 0. The van der Waals surface area contributed by atoms with Crippen LogP contribution in [0, 0.1) is 0 Å². The van der Waals surface area contributed by atoms with Crippen molar-refractivity contribution in [2.24, 2.45) is 5.73 Å². The fourth-order valence-corrected chi connectivity index (χ4v) is 2.20. The standard InChI is InChI=1S/C17H19NO/c1-2-3-6-13-7-4-5-8-16(13)14-9-11-15(12-10-14)17(18)19/h4-5,7-12H,2-3,6H2,1H3,(H2,18,19). The van der Waals surface area contributed by atoms with Crippen LogP contribution in [-0.4, -0.2) is 5.91 Å². The fourth-order valence-electron chi connectivity index (χ4n) is 2.20. The second-order valence-electron chi connectivity index (χ2n) is 4.70. The molecule has 2 heteroatoms. The Labute approximate surface area is 114 Å². The Morgan fingerprint density at radius 2 is 1.74 bits per heavy atom. The van der Waals surface area contributed by atoms with E-state index in [9.17, 15) is 4.79 Å². The summed E-state index contributed by atoms with van der Waals surface area (Å²) >= 11 is 0. The summed E-state index contributed by atoms with van der Waals surface area (Å²) in [4.78, 5) is 11.1. The summed E-state index contributed by atoms with van der Waals surface area (Å²) in [6, 6.07) is 15.9. The summed E-state index contributed by atoms with van der Waals surface area (Å²) in [5, 5.41) is 0. The maximum atomic E-state index is 11.1. The molecule has 2 N–H and O–H groups in total. The van der Waals surface area contributed by atoms with E-state index in [-0.39, 0.29) is 5.91 Å². The first kappa shape index (κ1) is 13.3. The van der Waals surface area contributed by atoms with E-state index in [1.807, 2.05) is 18.2 Å². The maximum Gasteiger partial charge on any atom is 0.248 e. The van der Waals surface area contributed by atoms with E-state index in [0.29, 0.717) is 5.56 Å². The topological polar surface area (TPSA) is 43.1 Å². The number of aryl methyl sites for hydroxylation is 1. The van der Waals surface area contributed by atoms with Crippen LogP contribution < -0.4 is 5.73 Å². The summed E-state index contributed by atoms with van der Waals surface area (Å²) in [6.07, 6.45) is 3.47. The molecule has 0 fully saturated rings. The zero-order valence-electron chi connectivity index (χ0n) is 11.2. The van der Waals surface area contributed by atoms with Crippen LogP contribution in [0.15, 0.2) is 48.5 Å². The Bertz CT molecular complexity index is 558. The van der Waals surface area contributed by atoms with Crippen LogP contribution in [0.4, 0.5) is 0 Å². The number of hydrogen-bond donors (Lipinski definition) is 1. The molecule has 0 saturated carbocycles. The Balaban J connectivity index is 2.32. The van der Waals surface area contributed by atoms with E-state index >= 15 is 0 Å². The van der Waals surface area contributed by atoms with Crippen molar-refractivity contribution in [3.8, 4) is 11.1 Å². The minimum absolute atomic E-state index is 0.384. The van der Waals surface area contributed by atoms with Gasteiger partial charge in [0.25, 0.3) is 0 Å². The van der Waals surface area contributed by atoms with E-state index in [4.69, 9.17) is 5.73 Å². The van der Waals surface area contributed by atoms with Crippen LogP contribution in [0.25, 0.3) is 11.1 Å². The van der Waals surface area contributed by atoms with Gasteiger partial charge in [0.05, 0.1) is 0 Å². The van der Waals surface area contributed by atoms with Gasteiger partial charge in [0.2, 0.25) is 5.91 Å². The van der Waals surface area contributed by atoms with Crippen LogP contribution in [-0.2, 0) is 6.42 Å². The number of carbonyl (C=O) groups excluding carboxylic acids is 1. The molecule has 0 aliphatic rings. The van der Waals surface area contributed by atoms with Crippen molar-refractivity contribution < 1.29 is 4.79 Å². The van der Waals surface area contributed by atoms with Crippen molar-refractivity contribution in [1.29, 1.82) is 0 Å². The molecule has 0 aromatic heterocycles. The second-order valence-corrected chi connectivity index (χ2v) is 4.70. The number of rotatable bonds is 5. The van der Waals surface area contributed by atoms with Crippen LogP contribution >= 0.6 is 0 Å². The van der Waals surface area contributed by atoms with Crippen molar-refractivity contribution in [1.82, 2.24) is 0 Å². The van der Waals surface area contributed by atoms with Crippen molar-refractivity contribution in [2.75, 3.05) is 0 Å². The monoisotopic (exact) mass is 253 g/mol. The number of hydrogen-bond acceptors (Lipinski definition) is 1. The molecule has 0 heterocycles. The van der Waals surface area contributed by atoms with Crippen molar-refractivity contribution >= 4 is 5.91 Å². The summed E-state index contributed by atoms with van der Waals surface area (Å²) < 4.78 is 0. The highest BCUT2D eigenvalue weighted by Crippen LogP contribution is 2.25. The molecule has 19 heavy (non-hydrogen) atoms. The molecule has 2 nitrogen and oxygen atoms in total. The van der Waals surface area contributed by atoms with Crippen molar-refractivity contribution in [2.45, 2.75) is 26.2 Å². The van der Waals surface area contributed by atoms with Gasteiger partial charge in [-0.1, -0.05) is 49.7 Å². The Hall–Kier alpha value is -2.09. The number of nitrogens with two attached hydrogens (primary N) is 1. The molecule has 0 bridgehead atoms. The largest absolute Gasteiger partial charge is 0.366 e. The van der Waals surface area contributed by atoms with Gasteiger partial charge in [-0.2, -0.15) is 0 Å². The van der Waals surface area contributed by atoms with Gasteiger partial charge in [0.15, 0.2) is 0 Å². The minimum Gasteiger partial charge on any atom is -0.366 e. The maximum absolute atomic E-state index is 11.1. The molecule has 0 aliphatic carbocycles. The minimum atomic E-state index is -0.384. The lowest BCUT2D eigenvalue weighted by Gasteiger charge is -2.09. The predicted molar refractivity (Wildman–Crippen MR) is 79.0 cm³/mol. The smallest absolute Gasteiger partial charge is 0.248 e. The first-order valence-corrected chi connectivity index (χ1v) is 6.70. The molecule has 0 spiro atoms. The number of benzene rings is 2. The molecule has 98 valence electrons. The van der Waals surface area contributed by atoms with Crippen LogP contribution in [0.3, 0.4) is 0 Å². The molecule has 0 saturated heterocycles. The van der Waals surface area contributed by atoms with Crippen molar-refractivity contribution in [3.63, 3.8) is 0 Å². The van der Waals surface area contributed by atoms with E-state index < -0.39 is 0 Å². The number of primary amides is 1. The quantitative estimate of drug-likeness (QED) is 0.865. The fraction of sp³-hybridized carbons (Fsp3) is 0.235. The van der Waals surface area contributed by atoms with E-state index in [1.165, 1.54) is 24.0 Å². The molecule has 0 radical (unpaired) electrons. The number of unbranched alkanes of at least 4 members (excludes halogenated alkanes) is 1. The van der Waals surface area contributed by atoms with Gasteiger partial charge in [-0.05, 0) is 41.7 Å². The van der Waals surface area contributed by atoms with Gasteiger partial charge in [-0.25, -0.2) is 0 Å². The van der Waals surface area contributed by atoms with Crippen molar-refractivity contribution in [3.05, 3.63) is 59.7 Å². The number of amides is 1. The SMILES string of the molecule is CCCCc1ccccc1-c1ccc(C(N)=O)cc1. The van der Waals surface area contributed by atoms with Gasteiger partial charge < -0.3 is 5.73 Å². The first-order chi connectivity index (χ1) is 9.22. The van der Waals surface area contributed by atoms with Crippen LogP contribution in [0.1, 0.15) is 35.7 Å². The average molecular weight is 253 g/mol. The Kier molecular flexibility index (Phi) is 4.35. The molecule has 1 amide bonds. The second kappa shape index (κ2) is 6.19. The summed E-state index contributed by atoms with van der Waals surface area (Å²) in [6.45, 7) is 2.20. The third kappa shape index (κ3) is 3.22. The van der Waals surface area contributed by atoms with Crippen LogP contribution in [0.5, 0.6) is 0 Å².